The number of aryl methyl sites for hydroxylation is 1. The van der Waals surface area contributed by atoms with Crippen LogP contribution in [0.3, 0.4) is 0 Å². The lowest BCUT2D eigenvalue weighted by Gasteiger charge is -2.08. The number of aromatic nitrogens is 1. The number of rotatable bonds is 6. The van der Waals surface area contributed by atoms with Crippen molar-refractivity contribution in [1.29, 1.82) is 0 Å². The van der Waals surface area contributed by atoms with Crippen molar-refractivity contribution < 1.29 is 23.4 Å². The maximum absolute atomic E-state index is 13.0. The smallest absolute Gasteiger partial charge is 0.278 e. The molecule has 0 aliphatic heterocycles. The molecule has 10 heteroatoms. The molecule has 2 aromatic carbocycles. The largest absolute Gasteiger partial charge is 0.489 e. The fourth-order valence-electron chi connectivity index (χ4n) is 2.33. The molecule has 0 bridgehead atoms. The highest BCUT2D eigenvalue weighted by atomic mass is 35.5. The van der Waals surface area contributed by atoms with Gasteiger partial charge in [0.1, 0.15) is 23.9 Å². The van der Waals surface area contributed by atoms with Gasteiger partial charge in [-0.1, -0.05) is 16.8 Å². The van der Waals surface area contributed by atoms with Crippen LogP contribution in [-0.2, 0) is 6.61 Å². The van der Waals surface area contributed by atoms with Crippen LogP contribution in [0.5, 0.6) is 5.75 Å². The van der Waals surface area contributed by atoms with E-state index in [1.165, 1.54) is 36.4 Å². The average Bonchev–Trinajstić information content (AvgIpc) is 3.03. The van der Waals surface area contributed by atoms with E-state index < -0.39 is 16.6 Å². The summed E-state index contributed by atoms with van der Waals surface area (Å²) in [7, 11) is 0. The van der Waals surface area contributed by atoms with Crippen molar-refractivity contribution in [1.82, 2.24) is 5.16 Å². The van der Waals surface area contributed by atoms with Crippen molar-refractivity contribution in [2.75, 3.05) is 5.32 Å². The molecule has 8 nitrogen and oxygen atoms in total. The Labute approximate surface area is 163 Å². The standard InChI is InChI=1S/C18H13ClFN3O5/c1-10-14(9-27-13-5-2-11(20)3-6-13)17(22-28-10)18(24)21-16-8-12(23(25)26)4-7-15(16)19/h2-8H,9H2,1H3,(H,21,24). The Hall–Kier alpha value is -3.46. The normalized spacial score (nSPS) is 10.5. The van der Waals surface area contributed by atoms with Crippen molar-refractivity contribution in [3.63, 3.8) is 0 Å². The molecule has 0 radical (unpaired) electrons. The second kappa shape index (κ2) is 8.05. The van der Waals surface area contributed by atoms with Crippen molar-refractivity contribution in [2.24, 2.45) is 0 Å². The predicted molar refractivity (Wildman–Crippen MR) is 98.0 cm³/mol. The molecule has 3 rings (SSSR count). The predicted octanol–water partition coefficient (Wildman–Crippen LogP) is 4.52. The molecule has 0 saturated heterocycles. The third-order valence-electron chi connectivity index (χ3n) is 3.81. The summed E-state index contributed by atoms with van der Waals surface area (Å²) < 4.78 is 23.6. The Morgan fingerprint density at radius 2 is 2.04 bits per heavy atom. The molecule has 1 aromatic heterocycles. The zero-order chi connectivity index (χ0) is 20.3. The Bertz CT molecular complexity index is 1040. The Morgan fingerprint density at radius 3 is 2.71 bits per heavy atom. The van der Waals surface area contributed by atoms with Crippen LogP contribution >= 0.6 is 11.6 Å². The van der Waals surface area contributed by atoms with Crippen molar-refractivity contribution in [2.45, 2.75) is 13.5 Å². The maximum atomic E-state index is 13.0. The number of nitro groups is 1. The second-order valence-electron chi connectivity index (χ2n) is 5.68. The number of hydrogen-bond donors (Lipinski definition) is 1. The zero-order valence-electron chi connectivity index (χ0n) is 14.4. The van der Waals surface area contributed by atoms with Gasteiger partial charge >= 0.3 is 0 Å². The minimum atomic E-state index is -0.669. The SMILES string of the molecule is Cc1onc(C(=O)Nc2cc([N+](=O)[O-])ccc2Cl)c1COc1ccc(F)cc1. The van der Waals surface area contributed by atoms with Gasteiger partial charge in [0.25, 0.3) is 11.6 Å². The Balaban J connectivity index is 1.79. The van der Waals surface area contributed by atoms with Crippen molar-refractivity contribution in [3.05, 3.63) is 80.4 Å². The van der Waals surface area contributed by atoms with Gasteiger partial charge in [-0.25, -0.2) is 4.39 Å². The van der Waals surface area contributed by atoms with Gasteiger partial charge in [0.15, 0.2) is 5.69 Å². The number of anilines is 1. The topological polar surface area (TPSA) is 108 Å². The van der Waals surface area contributed by atoms with E-state index in [9.17, 15) is 19.3 Å². The summed E-state index contributed by atoms with van der Waals surface area (Å²) in [6.45, 7) is 1.56. The lowest BCUT2D eigenvalue weighted by molar-refractivity contribution is -0.384. The van der Waals surface area contributed by atoms with Gasteiger partial charge < -0.3 is 14.6 Å². The number of benzene rings is 2. The first kappa shape index (κ1) is 19.3. The number of ether oxygens (including phenoxy) is 1. The van der Waals surface area contributed by atoms with Gasteiger partial charge in [-0.05, 0) is 37.3 Å². The summed E-state index contributed by atoms with van der Waals surface area (Å²) in [5.74, 6) is -0.313. The van der Waals surface area contributed by atoms with Crippen LogP contribution in [0.4, 0.5) is 15.8 Å². The van der Waals surface area contributed by atoms with Crippen LogP contribution in [0.2, 0.25) is 5.02 Å². The lowest BCUT2D eigenvalue weighted by atomic mass is 10.2. The lowest BCUT2D eigenvalue weighted by Crippen LogP contribution is -2.16. The van der Waals surface area contributed by atoms with E-state index in [4.69, 9.17) is 20.9 Å². The molecule has 0 saturated carbocycles. The van der Waals surface area contributed by atoms with Gasteiger partial charge in [0.05, 0.1) is 21.2 Å². The molecule has 0 atom stereocenters. The number of nitrogens with one attached hydrogen (secondary N) is 1. The number of nitrogens with zero attached hydrogens (tertiary/aromatic N) is 2. The number of nitro benzene ring substituents is 1. The summed E-state index contributed by atoms with van der Waals surface area (Å²) in [6.07, 6.45) is 0. The Morgan fingerprint density at radius 1 is 1.32 bits per heavy atom. The number of non-ortho nitro benzene ring substituents is 1. The molecule has 1 N–H and O–H groups in total. The minimum Gasteiger partial charge on any atom is -0.489 e. The fraction of sp³-hybridized carbons (Fsp3) is 0.111. The summed E-state index contributed by atoms with van der Waals surface area (Å²) >= 11 is 5.99. The van der Waals surface area contributed by atoms with E-state index in [-0.39, 0.29) is 28.7 Å². The zero-order valence-corrected chi connectivity index (χ0v) is 15.2. The number of carbonyl (C=O) groups excluding carboxylic acids is 1. The summed E-state index contributed by atoms with van der Waals surface area (Å²) in [4.78, 5) is 22.9. The molecule has 1 heterocycles. The third-order valence-corrected chi connectivity index (χ3v) is 4.14. The first-order chi connectivity index (χ1) is 13.3. The number of hydrogen-bond acceptors (Lipinski definition) is 6. The maximum Gasteiger partial charge on any atom is 0.278 e. The average molecular weight is 406 g/mol. The number of amides is 1. The number of carbonyl (C=O) groups is 1. The van der Waals surface area contributed by atoms with E-state index >= 15 is 0 Å². The van der Waals surface area contributed by atoms with Crippen molar-refractivity contribution >= 4 is 28.9 Å². The van der Waals surface area contributed by atoms with E-state index in [2.05, 4.69) is 10.5 Å². The Kier molecular flexibility index (Phi) is 5.55. The molecular weight excluding hydrogens is 393 g/mol. The van der Waals surface area contributed by atoms with Crippen LogP contribution in [0, 0.1) is 22.9 Å². The highest BCUT2D eigenvalue weighted by molar-refractivity contribution is 6.34. The van der Waals surface area contributed by atoms with Gasteiger partial charge in [-0.3, -0.25) is 14.9 Å². The van der Waals surface area contributed by atoms with Crippen molar-refractivity contribution in [3.8, 4) is 5.75 Å². The van der Waals surface area contributed by atoms with Gasteiger partial charge in [0, 0.05) is 12.1 Å². The van der Waals surface area contributed by atoms with E-state index in [1.807, 2.05) is 0 Å². The van der Waals surface area contributed by atoms with Crippen LogP contribution in [0.1, 0.15) is 21.8 Å². The van der Waals surface area contributed by atoms with Crippen LogP contribution < -0.4 is 10.1 Å². The quantitative estimate of drug-likeness (QED) is 0.477. The summed E-state index contributed by atoms with van der Waals surface area (Å²) in [6, 6.07) is 9.05. The van der Waals surface area contributed by atoms with E-state index in [1.54, 1.807) is 6.92 Å². The molecule has 1 amide bonds. The summed E-state index contributed by atoms with van der Waals surface area (Å²) in [5, 5.41) is 17.2. The molecule has 0 spiro atoms. The van der Waals surface area contributed by atoms with Crippen LogP contribution in [-0.4, -0.2) is 16.0 Å². The molecule has 0 fully saturated rings. The minimum absolute atomic E-state index is 0.0492. The molecule has 28 heavy (non-hydrogen) atoms. The highest BCUT2D eigenvalue weighted by Crippen LogP contribution is 2.28. The van der Waals surface area contributed by atoms with Crippen LogP contribution in [0.15, 0.2) is 47.0 Å². The molecule has 144 valence electrons. The molecule has 0 unspecified atom stereocenters. The molecule has 3 aromatic rings. The number of halogens is 2. The van der Waals surface area contributed by atoms with E-state index in [0.717, 1.165) is 6.07 Å². The highest BCUT2D eigenvalue weighted by Gasteiger charge is 2.22. The third kappa shape index (κ3) is 4.26. The van der Waals surface area contributed by atoms with Gasteiger partial charge in [-0.2, -0.15) is 0 Å². The van der Waals surface area contributed by atoms with Gasteiger partial charge in [-0.15, -0.1) is 0 Å². The van der Waals surface area contributed by atoms with Gasteiger partial charge in [0.2, 0.25) is 0 Å². The van der Waals surface area contributed by atoms with E-state index in [0.29, 0.717) is 17.1 Å². The molecular formula is C18H13ClFN3O5. The monoisotopic (exact) mass is 405 g/mol. The molecule has 0 aliphatic rings. The fourth-order valence-corrected chi connectivity index (χ4v) is 2.49. The molecule has 0 aliphatic carbocycles. The summed E-state index contributed by atoms with van der Waals surface area (Å²) in [5.41, 5.74) is 0.161. The first-order valence-electron chi connectivity index (χ1n) is 7.94. The first-order valence-corrected chi connectivity index (χ1v) is 8.31. The van der Waals surface area contributed by atoms with Crippen LogP contribution in [0.25, 0.3) is 0 Å². The second-order valence-corrected chi connectivity index (χ2v) is 6.09.